The normalized spacial score (nSPS) is 11.3. The van der Waals surface area contributed by atoms with Gasteiger partial charge in [-0.05, 0) is 18.6 Å². The Balaban J connectivity index is 2.46. The molecule has 0 aliphatic heterocycles. The van der Waals surface area contributed by atoms with E-state index in [2.05, 4.69) is 43.5 Å². The van der Waals surface area contributed by atoms with Gasteiger partial charge in [-0.25, -0.2) is 0 Å². The van der Waals surface area contributed by atoms with Gasteiger partial charge in [0.25, 0.3) is 0 Å². The summed E-state index contributed by atoms with van der Waals surface area (Å²) in [6, 6.07) is 1.88. The van der Waals surface area contributed by atoms with Crippen molar-refractivity contribution in [3.8, 4) is 0 Å². The first-order chi connectivity index (χ1) is 7.93. The number of nitrogens with one attached hydrogen (secondary N) is 2. The molecule has 0 atom stereocenters. The first-order valence-corrected chi connectivity index (χ1v) is 6.36. The maximum atomic E-state index is 5.26. The second-order valence-electron chi connectivity index (χ2n) is 5.06. The summed E-state index contributed by atoms with van der Waals surface area (Å²) in [4.78, 5) is 0. The Labute approximate surface area is 108 Å². The lowest BCUT2D eigenvalue weighted by Gasteiger charge is -2.12. The third kappa shape index (κ3) is 4.73. The molecule has 4 nitrogen and oxygen atoms in total. The molecular weight excluding hydrogens is 234 g/mol. The van der Waals surface area contributed by atoms with Crippen molar-refractivity contribution < 1.29 is 4.52 Å². The summed E-state index contributed by atoms with van der Waals surface area (Å²) in [5.41, 5.74) is -0.0375. The zero-order valence-electron chi connectivity index (χ0n) is 11.0. The Hall–Kier alpha value is -1.10. The fourth-order valence-corrected chi connectivity index (χ4v) is 1.43. The molecule has 0 aliphatic carbocycles. The Morgan fingerprint density at radius 1 is 1.47 bits per heavy atom. The highest BCUT2D eigenvalue weighted by atomic mass is 32.1. The molecule has 0 aromatic carbocycles. The van der Waals surface area contributed by atoms with E-state index in [0.717, 1.165) is 25.1 Å². The van der Waals surface area contributed by atoms with Crippen molar-refractivity contribution >= 4 is 23.1 Å². The van der Waals surface area contributed by atoms with Crippen LogP contribution in [0.3, 0.4) is 0 Å². The minimum atomic E-state index is -0.0375. The monoisotopic (exact) mass is 255 g/mol. The summed E-state index contributed by atoms with van der Waals surface area (Å²) in [5.74, 6) is 1.50. The van der Waals surface area contributed by atoms with Gasteiger partial charge in [0.1, 0.15) is 5.76 Å². The molecule has 5 heteroatoms. The summed E-state index contributed by atoms with van der Waals surface area (Å²) >= 11 is 5.15. The average Bonchev–Trinajstić information content (AvgIpc) is 2.66. The molecule has 1 rings (SSSR count). The standard InChI is InChI=1S/C12H21N3OS/c1-5-6-7-13-11(17)14-10-8-9(16-15-10)12(2,3)4/h8H,5-7H2,1-4H3,(H2,13,14,15,17). The van der Waals surface area contributed by atoms with Gasteiger partial charge in [-0.1, -0.05) is 39.3 Å². The SMILES string of the molecule is CCCCNC(=S)Nc1cc(C(C)(C)C)on1. The van der Waals surface area contributed by atoms with Crippen LogP contribution in [0.15, 0.2) is 10.6 Å². The minimum Gasteiger partial charge on any atom is -0.362 e. The molecule has 0 aliphatic rings. The molecule has 0 fully saturated rings. The van der Waals surface area contributed by atoms with Gasteiger partial charge in [0, 0.05) is 18.0 Å². The number of aromatic nitrogens is 1. The lowest BCUT2D eigenvalue weighted by atomic mass is 9.93. The molecule has 0 saturated carbocycles. The van der Waals surface area contributed by atoms with Crippen molar-refractivity contribution in [3.63, 3.8) is 0 Å². The first kappa shape index (κ1) is 14.0. The topological polar surface area (TPSA) is 50.1 Å². The van der Waals surface area contributed by atoms with E-state index in [1.54, 1.807) is 0 Å². The molecule has 2 N–H and O–H groups in total. The van der Waals surface area contributed by atoms with E-state index < -0.39 is 0 Å². The number of rotatable bonds is 4. The van der Waals surface area contributed by atoms with E-state index in [9.17, 15) is 0 Å². The van der Waals surface area contributed by atoms with Crippen LogP contribution in [0.25, 0.3) is 0 Å². The second kappa shape index (κ2) is 6.00. The number of unbranched alkanes of at least 4 members (excludes halogenated alkanes) is 1. The molecule has 17 heavy (non-hydrogen) atoms. The van der Waals surface area contributed by atoms with Crippen LogP contribution in [0, 0.1) is 0 Å². The van der Waals surface area contributed by atoms with E-state index in [1.807, 2.05) is 6.07 Å². The molecule has 0 spiro atoms. The molecule has 1 heterocycles. The van der Waals surface area contributed by atoms with Crippen molar-refractivity contribution in [1.29, 1.82) is 0 Å². The van der Waals surface area contributed by atoms with Crippen LogP contribution in [0.4, 0.5) is 5.82 Å². The van der Waals surface area contributed by atoms with Crippen LogP contribution in [-0.2, 0) is 5.41 Å². The summed E-state index contributed by atoms with van der Waals surface area (Å²) in [5, 5.41) is 10.7. The molecule has 0 unspecified atom stereocenters. The van der Waals surface area contributed by atoms with Crippen LogP contribution in [0.5, 0.6) is 0 Å². The van der Waals surface area contributed by atoms with Crippen molar-refractivity contribution in [1.82, 2.24) is 10.5 Å². The Morgan fingerprint density at radius 3 is 2.71 bits per heavy atom. The molecular formula is C12H21N3OS. The highest BCUT2D eigenvalue weighted by molar-refractivity contribution is 7.80. The third-order valence-corrected chi connectivity index (χ3v) is 2.55. The average molecular weight is 255 g/mol. The van der Waals surface area contributed by atoms with Gasteiger partial charge in [0.2, 0.25) is 0 Å². The molecule has 0 amide bonds. The van der Waals surface area contributed by atoms with Crippen molar-refractivity contribution in [2.24, 2.45) is 0 Å². The van der Waals surface area contributed by atoms with Crippen LogP contribution < -0.4 is 10.6 Å². The van der Waals surface area contributed by atoms with Crippen molar-refractivity contribution in [3.05, 3.63) is 11.8 Å². The molecule has 1 aromatic rings. The molecule has 0 bridgehead atoms. The molecule has 0 radical (unpaired) electrons. The number of hydrogen-bond acceptors (Lipinski definition) is 3. The Morgan fingerprint density at radius 2 is 2.18 bits per heavy atom. The van der Waals surface area contributed by atoms with Gasteiger partial charge in [0.15, 0.2) is 10.9 Å². The highest BCUT2D eigenvalue weighted by Gasteiger charge is 2.19. The fraction of sp³-hybridized carbons (Fsp3) is 0.667. The van der Waals surface area contributed by atoms with Gasteiger partial charge in [-0.15, -0.1) is 0 Å². The summed E-state index contributed by atoms with van der Waals surface area (Å²) in [6.45, 7) is 9.26. The summed E-state index contributed by atoms with van der Waals surface area (Å²) in [6.07, 6.45) is 2.25. The van der Waals surface area contributed by atoms with Crippen LogP contribution in [0.1, 0.15) is 46.3 Å². The molecule has 1 aromatic heterocycles. The zero-order chi connectivity index (χ0) is 12.9. The summed E-state index contributed by atoms with van der Waals surface area (Å²) in [7, 11) is 0. The van der Waals surface area contributed by atoms with E-state index >= 15 is 0 Å². The Bertz CT molecular complexity index is 368. The second-order valence-corrected chi connectivity index (χ2v) is 5.47. The van der Waals surface area contributed by atoms with Gasteiger partial charge >= 0.3 is 0 Å². The first-order valence-electron chi connectivity index (χ1n) is 5.95. The lowest BCUT2D eigenvalue weighted by molar-refractivity contribution is 0.331. The molecule has 0 saturated heterocycles. The zero-order valence-corrected chi connectivity index (χ0v) is 11.8. The Kier molecular flexibility index (Phi) is 4.93. The summed E-state index contributed by atoms with van der Waals surface area (Å²) < 4.78 is 5.26. The minimum absolute atomic E-state index is 0.0375. The molecule has 96 valence electrons. The largest absolute Gasteiger partial charge is 0.362 e. The predicted molar refractivity (Wildman–Crippen MR) is 74.3 cm³/mol. The van der Waals surface area contributed by atoms with Crippen LogP contribution >= 0.6 is 12.2 Å². The lowest BCUT2D eigenvalue weighted by Crippen LogP contribution is -2.29. The number of thiocarbonyl (C=S) groups is 1. The van der Waals surface area contributed by atoms with Gasteiger partial charge < -0.3 is 15.2 Å². The highest BCUT2D eigenvalue weighted by Crippen LogP contribution is 2.24. The van der Waals surface area contributed by atoms with E-state index in [0.29, 0.717) is 10.9 Å². The van der Waals surface area contributed by atoms with Gasteiger partial charge in [0.05, 0.1) is 0 Å². The number of nitrogens with zero attached hydrogens (tertiary/aromatic N) is 1. The van der Waals surface area contributed by atoms with E-state index in [4.69, 9.17) is 16.7 Å². The predicted octanol–water partition coefficient (Wildman–Crippen LogP) is 3.06. The van der Waals surface area contributed by atoms with Crippen LogP contribution in [-0.4, -0.2) is 16.8 Å². The number of hydrogen-bond donors (Lipinski definition) is 2. The quantitative estimate of drug-likeness (QED) is 0.639. The van der Waals surface area contributed by atoms with Crippen molar-refractivity contribution in [2.75, 3.05) is 11.9 Å². The fourth-order valence-electron chi connectivity index (χ4n) is 1.23. The van der Waals surface area contributed by atoms with Crippen LogP contribution in [0.2, 0.25) is 0 Å². The number of anilines is 1. The van der Waals surface area contributed by atoms with E-state index in [-0.39, 0.29) is 5.41 Å². The van der Waals surface area contributed by atoms with Gasteiger partial charge in [-0.3, -0.25) is 0 Å². The van der Waals surface area contributed by atoms with E-state index in [1.165, 1.54) is 0 Å². The van der Waals surface area contributed by atoms with Gasteiger partial charge in [-0.2, -0.15) is 0 Å². The van der Waals surface area contributed by atoms with Crippen molar-refractivity contribution in [2.45, 2.75) is 46.0 Å². The smallest absolute Gasteiger partial charge is 0.175 e. The third-order valence-electron chi connectivity index (χ3n) is 2.31. The maximum Gasteiger partial charge on any atom is 0.175 e. The maximum absolute atomic E-state index is 5.26.